The summed E-state index contributed by atoms with van der Waals surface area (Å²) in [7, 11) is 0. The van der Waals surface area contributed by atoms with Gasteiger partial charge in [-0.2, -0.15) is 0 Å². The molecule has 2 amide bonds. The molecule has 0 unspecified atom stereocenters. The van der Waals surface area contributed by atoms with E-state index in [0.29, 0.717) is 50.5 Å². The Bertz CT molecular complexity index is 765. The highest BCUT2D eigenvalue weighted by molar-refractivity contribution is 6.04. The zero-order chi connectivity index (χ0) is 18.3. The Morgan fingerprint density at radius 2 is 1.92 bits per heavy atom. The molecule has 1 aliphatic carbocycles. The number of Topliss-reactive ketones (excluding diaryl/α,β-unsaturated/α-hetero) is 1. The molecule has 138 valence electrons. The van der Waals surface area contributed by atoms with Gasteiger partial charge in [0.1, 0.15) is 23.7 Å². The van der Waals surface area contributed by atoms with Crippen molar-refractivity contribution in [2.45, 2.75) is 56.9 Å². The van der Waals surface area contributed by atoms with Crippen LogP contribution in [0.2, 0.25) is 0 Å². The fourth-order valence-electron chi connectivity index (χ4n) is 4.41. The second-order valence-electron chi connectivity index (χ2n) is 7.66. The molecule has 26 heavy (non-hydrogen) atoms. The molecule has 3 aliphatic rings. The summed E-state index contributed by atoms with van der Waals surface area (Å²) in [5, 5.41) is 2.48. The van der Waals surface area contributed by atoms with Crippen molar-refractivity contribution in [3.63, 3.8) is 0 Å². The number of rotatable bonds is 2. The number of ketones is 1. The minimum atomic E-state index is -0.756. The van der Waals surface area contributed by atoms with Gasteiger partial charge in [-0.05, 0) is 43.7 Å². The SMILES string of the molecule is C[C@]1(N2CCOc3c(C4CCC(=O)CC4)cccc32)CCC(=O)NC1=O. The number of imide groups is 1. The number of para-hydroxylation sites is 1. The van der Waals surface area contributed by atoms with E-state index < -0.39 is 5.54 Å². The summed E-state index contributed by atoms with van der Waals surface area (Å²) < 4.78 is 6.03. The Morgan fingerprint density at radius 1 is 1.15 bits per heavy atom. The lowest BCUT2D eigenvalue weighted by molar-refractivity contribution is -0.137. The maximum Gasteiger partial charge on any atom is 0.252 e. The lowest BCUT2D eigenvalue weighted by Crippen LogP contribution is -2.63. The van der Waals surface area contributed by atoms with Gasteiger partial charge in [0.2, 0.25) is 5.91 Å². The van der Waals surface area contributed by atoms with Crippen molar-refractivity contribution in [2.24, 2.45) is 0 Å². The van der Waals surface area contributed by atoms with E-state index >= 15 is 0 Å². The van der Waals surface area contributed by atoms with Crippen molar-refractivity contribution < 1.29 is 19.1 Å². The molecule has 0 radical (unpaired) electrons. The van der Waals surface area contributed by atoms with Gasteiger partial charge in [-0.15, -0.1) is 0 Å². The monoisotopic (exact) mass is 356 g/mol. The van der Waals surface area contributed by atoms with E-state index in [2.05, 4.69) is 16.3 Å². The predicted octanol–water partition coefficient (Wildman–Crippen LogP) is 2.31. The van der Waals surface area contributed by atoms with Crippen LogP contribution in [0.3, 0.4) is 0 Å². The van der Waals surface area contributed by atoms with Crippen LogP contribution in [-0.4, -0.2) is 36.3 Å². The quantitative estimate of drug-likeness (QED) is 0.823. The highest BCUT2D eigenvalue weighted by atomic mass is 16.5. The van der Waals surface area contributed by atoms with Crippen LogP contribution in [0.15, 0.2) is 18.2 Å². The van der Waals surface area contributed by atoms with E-state index in [0.717, 1.165) is 29.8 Å². The normalized spacial score (nSPS) is 27.0. The van der Waals surface area contributed by atoms with Gasteiger partial charge in [0.25, 0.3) is 5.91 Å². The highest BCUT2D eigenvalue weighted by Crippen LogP contribution is 2.45. The molecular weight excluding hydrogens is 332 g/mol. The Labute approximate surface area is 152 Å². The molecular formula is C20H24N2O4. The zero-order valence-electron chi connectivity index (χ0n) is 15.0. The fourth-order valence-corrected chi connectivity index (χ4v) is 4.41. The third-order valence-corrected chi connectivity index (χ3v) is 6.04. The fraction of sp³-hybridized carbons (Fsp3) is 0.550. The summed E-state index contributed by atoms with van der Waals surface area (Å²) in [5.74, 6) is 1.04. The second-order valence-corrected chi connectivity index (χ2v) is 7.66. The number of benzene rings is 1. The minimum Gasteiger partial charge on any atom is -0.489 e. The molecule has 2 aliphatic heterocycles. The number of nitrogens with zero attached hydrogens (tertiary/aromatic N) is 1. The maximum absolute atomic E-state index is 12.6. The molecule has 1 saturated carbocycles. The van der Waals surface area contributed by atoms with Gasteiger partial charge in [0.15, 0.2) is 0 Å². The highest BCUT2D eigenvalue weighted by Gasteiger charge is 2.45. The summed E-state index contributed by atoms with van der Waals surface area (Å²) in [6.45, 7) is 3.01. The average Bonchev–Trinajstić information content (AvgIpc) is 2.65. The smallest absolute Gasteiger partial charge is 0.252 e. The minimum absolute atomic E-state index is 0.207. The number of carbonyl (C=O) groups excluding carboxylic acids is 3. The van der Waals surface area contributed by atoms with E-state index in [1.807, 2.05) is 19.1 Å². The summed E-state index contributed by atoms with van der Waals surface area (Å²) in [5.41, 5.74) is 1.29. The molecule has 0 spiro atoms. The van der Waals surface area contributed by atoms with Crippen molar-refractivity contribution in [3.05, 3.63) is 23.8 Å². The third-order valence-electron chi connectivity index (χ3n) is 6.04. The van der Waals surface area contributed by atoms with Crippen molar-refractivity contribution in [2.75, 3.05) is 18.1 Å². The molecule has 1 N–H and O–H groups in total. The van der Waals surface area contributed by atoms with Crippen LogP contribution in [-0.2, 0) is 14.4 Å². The Morgan fingerprint density at radius 3 is 2.65 bits per heavy atom. The molecule has 1 aromatic rings. The number of hydrogen-bond acceptors (Lipinski definition) is 5. The van der Waals surface area contributed by atoms with Crippen LogP contribution in [0, 0.1) is 0 Å². The van der Waals surface area contributed by atoms with Gasteiger partial charge >= 0.3 is 0 Å². The van der Waals surface area contributed by atoms with E-state index in [1.54, 1.807) is 0 Å². The van der Waals surface area contributed by atoms with Crippen LogP contribution in [0.4, 0.5) is 5.69 Å². The first-order chi connectivity index (χ1) is 12.5. The van der Waals surface area contributed by atoms with Gasteiger partial charge in [-0.25, -0.2) is 0 Å². The first-order valence-corrected chi connectivity index (χ1v) is 9.38. The van der Waals surface area contributed by atoms with Crippen LogP contribution in [0.25, 0.3) is 0 Å². The second kappa shape index (κ2) is 6.41. The lowest BCUT2D eigenvalue weighted by atomic mass is 9.82. The topological polar surface area (TPSA) is 75.7 Å². The molecule has 1 saturated heterocycles. The molecule has 1 aromatic carbocycles. The number of fused-ring (bicyclic) bond motifs is 1. The first-order valence-electron chi connectivity index (χ1n) is 9.38. The Hall–Kier alpha value is -2.37. The van der Waals surface area contributed by atoms with Crippen LogP contribution < -0.4 is 15.0 Å². The largest absolute Gasteiger partial charge is 0.489 e. The molecule has 2 heterocycles. The number of amides is 2. The molecule has 6 heteroatoms. The standard InChI is InChI=1S/C20H24N2O4/c1-20(10-9-17(24)21-19(20)25)22-11-12-26-18-15(3-2-4-16(18)22)13-5-7-14(23)8-6-13/h2-4,13H,5-12H2,1H3,(H,21,24,25)/t20-/m0/s1. The summed E-state index contributed by atoms with van der Waals surface area (Å²) in [6, 6.07) is 6.07. The van der Waals surface area contributed by atoms with E-state index in [1.165, 1.54) is 0 Å². The van der Waals surface area contributed by atoms with Gasteiger partial charge in [-0.3, -0.25) is 19.7 Å². The summed E-state index contributed by atoms with van der Waals surface area (Å²) in [4.78, 5) is 37.8. The van der Waals surface area contributed by atoms with Crippen molar-refractivity contribution in [1.29, 1.82) is 0 Å². The van der Waals surface area contributed by atoms with Crippen molar-refractivity contribution in [1.82, 2.24) is 5.32 Å². The van der Waals surface area contributed by atoms with Crippen molar-refractivity contribution in [3.8, 4) is 5.75 Å². The molecule has 0 aromatic heterocycles. The van der Waals surface area contributed by atoms with Crippen LogP contribution in [0.5, 0.6) is 5.75 Å². The maximum atomic E-state index is 12.6. The number of carbonyl (C=O) groups is 3. The number of piperidine rings is 1. The van der Waals surface area contributed by atoms with Crippen LogP contribution >= 0.6 is 0 Å². The third kappa shape index (κ3) is 2.77. The number of hydrogen-bond donors (Lipinski definition) is 1. The van der Waals surface area contributed by atoms with Gasteiger partial charge in [-0.1, -0.05) is 12.1 Å². The number of anilines is 1. The van der Waals surface area contributed by atoms with Gasteiger partial charge < -0.3 is 9.64 Å². The van der Waals surface area contributed by atoms with Gasteiger partial charge in [0, 0.05) is 19.3 Å². The van der Waals surface area contributed by atoms with E-state index in [-0.39, 0.29) is 11.8 Å². The van der Waals surface area contributed by atoms with Crippen LogP contribution in [0.1, 0.15) is 56.9 Å². The number of nitrogens with one attached hydrogen (secondary N) is 1. The van der Waals surface area contributed by atoms with Gasteiger partial charge in [0.05, 0.1) is 12.2 Å². The number of ether oxygens (including phenoxy) is 1. The Kier molecular flexibility index (Phi) is 4.21. The molecule has 6 nitrogen and oxygen atoms in total. The molecule has 1 atom stereocenters. The summed E-state index contributed by atoms with van der Waals surface area (Å²) in [6.07, 6.45) is 3.80. The summed E-state index contributed by atoms with van der Waals surface area (Å²) >= 11 is 0. The Balaban J connectivity index is 1.69. The molecule has 4 rings (SSSR count). The van der Waals surface area contributed by atoms with E-state index in [4.69, 9.17) is 4.74 Å². The molecule has 0 bridgehead atoms. The lowest BCUT2D eigenvalue weighted by Gasteiger charge is -2.46. The predicted molar refractivity (Wildman–Crippen MR) is 96.3 cm³/mol. The zero-order valence-corrected chi connectivity index (χ0v) is 15.0. The average molecular weight is 356 g/mol. The molecule has 2 fully saturated rings. The first kappa shape index (κ1) is 17.1. The van der Waals surface area contributed by atoms with Crippen molar-refractivity contribution >= 4 is 23.3 Å². The van der Waals surface area contributed by atoms with E-state index in [9.17, 15) is 14.4 Å².